The van der Waals surface area contributed by atoms with Crippen LogP contribution in [-0.4, -0.2) is 39.4 Å². The van der Waals surface area contributed by atoms with E-state index < -0.39 is 28.8 Å². The van der Waals surface area contributed by atoms with Gasteiger partial charge in [0.15, 0.2) is 5.78 Å². The number of hydrogen-bond donors (Lipinski definition) is 2. The topological polar surface area (TPSA) is 70.1 Å². The minimum Gasteiger partial charge on any atom is -0.389 e. The number of allylic oxidation sites excluding steroid dienone is 2. The molecule has 3 aliphatic rings. The predicted molar refractivity (Wildman–Crippen MR) is 92.5 cm³/mol. The van der Waals surface area contributed by atoms with Gasteiger partial charge in [0.2, 0.25) is 0 Å². The molecular weight excluding hydrogens is 304 g/mol. The number of fused-ring (bicyclic) bond motifs is 3. The Kier molecular flexibility index (Phi) is 4.10. The Hall–Kier alpha value is -0.970. The summed E-state index contributed by atoms with van der Waals surface area (Å²) in [6.07, 6.45) is 5.82. The minimum absolute atomic E-state index is 0.133. The summed E-state index contributed by atoms with van der Waals surface area (Å²) in [5.74, 6) is -0.299. The van der Waals surface area contributed by atoms with Crippen molar-refractivity contribution in [3.8, 4) is 0 Å². The van der Waals surface area contributed by atoms with Crippen LogP contribution < -0.4 is 0 Å². The maximum absolute atomic E-state index is 13.0. The maximum atomic E-state index is 13.0. The maximum Gasteiger partial charge on any atom is 0.193 e. The van der Waals surface area contributed by atoms with Gasteiger partial charge in [-0.05, 0) is 58.4 Å². The van der Waals surface area contributed by atoms with E-state index in [0.29, 0.717) is 5.57 Å². The molecule has 2 aliphatic carbocycles. The first-order valence-corrected chi connectivity index (χ1v) is 9.03. The number of aliphatic hydroxyl groups excluding tert-OH is 1. The molecule has 0 aromatic rings. The lowest BCUT2D eigenvalue weighted by Crippen LogP contribution is -2.57. The third-order valence-electron chi connectivity index (χ3n) is 7.05. The highest BCUT2D eigenvalue weighted by Gasteiger charge is 2.62. The lowest BCUT2D eigenvalue weighted by atomic mass is 9.55. The van der Waals surface area contributed by atoms with Crippen LogP contribution in [0.5, 0.6) is 0 Å². The van der Waals surface area contributed by atoms with Gasteiger partial charge in [-0.15, -0.1) is 0 Å². The Labute approximate surface area is 144 Å². The average molecular weight is 334 g/mol. The van der Waals surface area contributed by atoms with Crippen molar-refractivity contribution in [2.24, 2.45) is 11.3 Å². The van der Waals surface area contributed by atoms with Crippen LogP contribution in [0, 0.1) is 11.3 Å². The quantitative estimate of drug-likeness (QED) is 0.528. The number of carbonyl (C=O) groups excluding carboxylic acids is 1. The first kappa shape index (κ1) is 17.8. The number of rotatable bonds is 0. The van der Waals surface area contributed by atoms with Gasteiger partial charge in [-0.3, -0.25) is 4.79 Å². The molecule has 2 bridgehead atoms. The first-order chi connectivity index (χ1) is 11.0. The normalized spacial score (nSPS) is 51.5. The average Bonchev–Trinajstić information content (AvgIpc) is 3.18. The van der Waals surface area contributed by atoms with Gasteiger partial charge in [0.1, 0.15) is 11.7 Å². The summed E-state index contributed by atoms with van der Waals surface area (Å²) in [7, 11) is 0. The van der Waals surface area contributed by atoms with Crippen LogP contribution in [0.4, 0.5) is 0 Å². The SMILES string of the molecule is C/C1=C\CCC2(C)O[C@@H]2C(=O)C2=C[C@@H](O)[C@@H](C)[C@](C)(CC1)[C@@]2(C)O. The summed E-state index contributed by atoms with van der Waals surface area (Å²) < 4.78 is 5.73. The van der Waals surface area contributed by atoms with Gasteiger partial charge >= 0.3 is 0 Å². The molecule has 6 atom stereocenters. The van der Waals surface area contributed by atoms with Gasteiger partial charge in [0.25, 0.3) is 0 Å². The highest BCUT2D eigenvalue weighted by atomic mass is 16.6. The van der Waals surface area contributed by atoms with Crippen LogP contribution >= 0.6 is 0 Å². The molecule has 0 amide bonds. The third-order valence-corrected chi connectivity index (χ3v) is 7.05. The second kappa shape index (κ2) is 5.52. The van der Waals surface area contributed by atoms with Crippen molar-refractivity contribution < 1.29 is 19.7 Å². The summed E-state index contributed by atoms with van der Waals surface area (Å²) in [6, 6.07) is 0. The van der Waals surface area contributed by atoms with Gasteiger partial charge in [0, 0.05) is 11.0 Å². The fourth-order valence-corrected chi connectivity index (χ4v) is 4.46. The van der Waals surface area contributed by atoms with Crippen molar-refractivity contribution in [1.82, 2.24) is 0 Å². The Bertz CT molecular complexity index is 617. The van der Waals surface area contributed by atoms with E-state index in [9.17, 15) is 15.0 Å². The van der Waals surface area contributed by atoms with Gasteiger partial charge in [0.05, 0.1) is 11.7 Å². The fourth-order valence-electron chi connectivity index (χ4n) is 4.46. The lowest BCUT2D eigenvalue weighted by molar-refractivity contribution is -0.131. The molecule has 1 heterocycles. The highest BCUT2D eigenvalue weighted by Crippen LogP contribution is 2.54. The van der Waals surface area contributed by atoms with Crippen molar-refractivity contribution in [1.29, 1.82) is 0 Å². The molecule has 0 radical (unpaired) electrons. The molecule has 0 aromatic heterocycles. The van der Waals surface area contributed by atoms with Crippen LogP contribution in [-0.2, 0) is 9.53 Å². The van der Waals surface area contributed by atoms with Crippen LogP contribution in [0.25, 0.3) is 0 Å². The molecule has 1 unspecified atom stereocenters. The molecule has 24 heavy (non-hydrogen) atoms. The zero-order valence-electron chi connectivity index (χ0n) is 15.4. The standard InChI is InChI=1S/C20H30O4/c1-12-7-6-9-19(4)17(24-19)16(22)14-11-15(21)13(2)18(3,10-8-12)20(14,5)23/h7,11,13,15,17,21,23H,6,8-10H2,1-5H3/b12-7+/t13-,15-,17-,18+,19?,20+/m1/s1. The van der Waals surface area contributed by atoms with E-state index in [1.54, 1.807) is 13.0 Å². The minimum atomic E-state index is -1.28. The summed E-state index contributed by atoms with van der Waals surface area (Å²) >= 11 is 0. The van der Waals surface area contributed by atoms with E-state index in [0.717, 1.165) is 25.7 Å². The van der Waals surface area contributed by atoms with E-state index in [1.807, 2.05) is 20.8 Å². The summed E-state index contributed by atoms with van der Waals surface area (Å²) in [6.45, 7) is 9.75. The molecule has 1 aliphatic heterocycles. The summed E-state index contributed by atoms with van der Waals surface area (Å²) in [5.41, 5.74) is -0.695. The second-order valence-corrected chi connectivity index (χ2v) is 8.61. The molecule has 1 fully saturated rings. The Morgan fingerprint density at radius 3 is 2.58 bits per heavy atom. The molecule has 0 spiro atoms. The van der Waals surface area contributed by atoms with Gasteiger partial charge in [-0.25, -0.2) is 0 Å². The van der Waals surface area contributed by atoms with E-state index in [-0.39, 0.29) is 11.7 Å². The smallest absolute Gasteiger partial charge is 0.193 e. The van der Waals surface area contributed by atoms with E-state index in [2.05, 4.69) is 13.0 Å². The van der Waals surface area contributed by atoms with Gasteiger partial charge < -0.3 is 14.9 Å². The molecule has 4 nitrogen and oxygen atoms in total. The zero-order chi connectivity index (χ0) is 17.9. The van der Waals surface area contributed by atoms with Crippen molar-refractivity contribution in [2.45, 2.75) is 83.7 Å². The summed E-state index contributed by atoms with van der Waals surface area (Å²) in [4.78, 5) is 13.0. The predicted octanol–water partition coefficient (Wildman–Crippen LogP) is 2.93. The summed E-state index contributed by atoms with van der Waals surface area (Å²) in [5, 5.41) is 21.9. The Morgan fingerprint density at radius 1 is 1.25 bits per heavy atom. The molecule has 1 saturated heterocycles. The van der Waals surface area contributed by atoms with Crippen molar-refractivity contribution in [2.75, 3.05) is 0 Å². The number of epoxide rings is 1. The van der Waals surface area contributed by atoms with Crippen LogP contribution in [0.15, 0.2) is 23.3 Å². The van der Waals surface area contributed by atoms with Crippen molar-refractivity contribution in [3.63, 3.8) is 0 Å². The molecule has 4 heteroatoms. The number of ether oxygens (including phenoxy) is 1. The molecule has 3 rings (SSSR count). The highest BCUT2D eigenvalue weighted by molar-refractivity contribution is 6.03. The molecule has 0 saturated carbocycles. The largest absolute Gasteiger partial charge is 0.389 e. The number of hydrogen-bond acceptors (Lipinski definition) is 4. The number of ketones is 1. The van der Waals surface area contributed by atoms with E-state index in [4.69, 9.17) is 4.74 Å². The van der Waals surface area contributed by atoms with Gasteiger partial charge in [-0.2, -0.15) is 0 Å². The second-order valence-electron chi connectivity index (χ2n) is 8.61. The van der Waals surface area contributed by atoms with Crippen LogP contribution in [0.2, 0.25) is 0 Å². The third kappa shape index (κ3) is 2.51. The fraction of sp³-hybridized carbons (Fsp3) is 0.750. The molecule has 0 aromatic carbocycles. The van der Waals surface area contributed by atoms with E-state index in [1.165, 1.54) is 5.57 Å². The van der Waals surface area contributed by atoms with Crippen LogP contribution in [0.1, 0.15) is 60.3 Å². The zero-order valence-corrected chi connectivity index (χ0v) is 15.4. The Morgan fingerprint density at radius 2 is 1.92 bits per heavy atom. The van der Waals surface area contributed by atoms with E-state index >= 15 is 0 Å². The molecule has 134 valence electrons. The van der Waals surface area contributed by atoms with Crippen molar-refractivity contribution in [3.05, 3.63) is 23.3 Å². The Balaban J connectivity index is 2.08. The first-order valence-electron chi connectivity index (χ1n) is 9.03. The van der Waals surface area contributed by atoms with Gasteiger partial charge in [-0.1, -0.05) is 25.5 Å². The molecule has 2 N–H and O–H groups in total. The molecular formula is C20H30O4. The lowest BCUT2D eigenvalue weighted by Gasteiger charge is -2.52. The van der Waals surface area contributed by atoms with Crippen LogP contribution in [0.3, 0.4) is 0 Å². The number of Topliss-reactive ketones (excluding diaryl/α,β-unsaturated/α-hetero) is 1. The number of carbonyl (C=O) groups is 1. The monoisotopic (exact) mass is 334 g/mol. The van der Waals surface area contributed by atoms with Crippen molar-refractivity contribution >= 4 is 5.78 Å². The number of aliphatic hydroxyl groups is 2.